The highest BCUT2D eigenvalue weighted by molar-refractivity contribution is 7.99. The summed E-state index contributed by atoms with van der Waals surface area (Å²) in [6.07, 6.45) is 3.41. The Morgan fingerprint density at radius 2 is 2.00 bits per heavy atom. The molecule has 3 heterocycles. The Balaban J connectivity index is 2.14. The van der Waals surface area contributed by atoms with Gasteiger partial charge in [-0.05, 0) is 12.0 Å². The van der Waals surface area contributed by atoms with E-state index >= 15 is 0 Å². The van der Waals surface area contributed by atoms with Crippen molar-refractivity contribution in [3.63, 3.8) is 0 Å². The van der Waals surface area contributed by atoms with E-state index < -0.39 is 0 Å². The van der Waals surface area contributed by atoms with Gasteiger partial charge in [0.05, 0.1) is 5.03 Å². The van der Waals surface area contributed by atoms with E-state index in [2.05, 4.69) is 23.0 Å². The summed E-state index contributed by atoms with van der Waals surface area (Å²) < 4.78 is 1.71. The number of thioether (sulfide) groups is 1. The highest BCUT2D eigenvalue weighted by Crippen LogP contribution is 2.31. The molecule has 1 aliphatic rings. The average Bonchev–Trinajstić information content (AvgIpc) is 2.54. The Kier molecular flexibility index (Phi) is 4.22. The molecule has 0 bridgehead atoms. The first-order chi connectivity index (χ1) is 11.3. The monoisotopic (exact) mass is 340 g/mol. The molecule has 124 valence electrons. The zero-order chi connectivity index (χ0) is 17.5. The van der Waals surface area contributed by atoms with Crippen molar-refractivity contribution in [1.29, 1.82) is 5.26 Å². The van der Waals surface area contributed by atoms with Crippen molar-refractivity contribution in [2.75, 3.05) is 5.75 Å². The van der Waals surface area contributed by atoms with Crippen molar-refractivity contribution in [3.8, 4) is 17.2 Å². The molecule has 2 aromatic heterocycles. The molecule has 1 aliphatic heterocycles. The van der Waals surface area contributed by atoms with Crippen LogP contribution in [0.25, 0.3) is 11.1 Å². The van der Waals surface area contributed by atoms with E-state index in [1.807, 2.05) is 26.8 Å². The molecule has 0 fully saturated rings. The summed E-state index contributed by atoms with van der Waals surface area (Å²) in [5, 5.41) is 10.4. The van der Waals surface area contributed by atoms with Crippen LogP contribution < -0.4 is 5.56 Å². The van der Waals surface area contributed by atoms with Crippen molar-refractivity contribution in [3.05, 3.63) is 40.2 Å². The first-order valence-electron chi connectivity index (χ1n) is 7.95. The molecule has 0 saturated carbocycles. The van der Waals surface area contributed by atoms with Crippen LogP contribution in [0.4, 0.5) is 0 Å². The quantitative estimate of drug-likeness (QED) is 0.797. The van der Waals surface area contributed by atoms with Gasteiger partial charge in [0.2, 0.25) is 0 Å². The topological polar surface area (TPSA) is 71.6 Å². The molecular formula is C18H20N4OS. The van der Waals surface area contributed by atoms with Gasteiger partial charge in [-0.1, -0.05) is 27.7 Å². The maximum atomic E-state index is 12.7. The van der Waals surface area contributed by atoms with Crippen molar-refractivity contribution in [2.24, 2.45) is 5.92 Å². The van der Waals surface area contributed by atoms with Gasteiger partial charge < -0.3 is 4.57 Å². The predicted octanol–water partition coefficient (Wildman–Crippen LogP) is 3.22. The molecule has 3 rings (SSSR count). The SMILES string of the molecule is C[C@H]1CSc2cc(-c3cnc(C(C)(C)C)nc3)c(C#N)c(=O)n2C1. The summed E-state index contributed by atoms with van der Waals surface area (Å²) in [5.74, 6) is 2.14. The van der Waals surface area contributed by atoms with Crippen molar-refractivity contribution >= 4 is 11.8 Å². The Labute approximate surface area is 145 Å². The van der Waals surface area contributed by atoms with E-state index in [0.29, 0.717) is 23.6 Å². The van der Waals surface area contributed by atoms with Gasteiger partial charge in [0.1, 0.15) is 17.5 Å². The smallest absolute Gasteiger partial charge is 0.269 e. The van der Waals surface area contributed by atoms with Crippen LogP contribution in [-0.2, 0) is 12.0 Å². The van der Waals surface area contributed by atoms with Gasteiger partial charge in [0.25, 0.3) is 5.56 Å². The molecular weight excluding hydrogens is 320 g/mol. The zero-order valence-corrected chi connectivity index (χ0v) is 15.1. The Morgan fingerprint density at radius 1 is 1.33 bits per heavy atom. The summed E-state index contributed by atoms with van der Waals surface area (Å²) in [6.45, 7) is 8.92. The molecule has 0 unspecified atom stereocenters. The van der Waals surface area contributed by atoms with Crippen molar-refractivity contribution < 1.29 is 0 Å². The van der Waals surface area contributed by atoms with Crippen LogP contribution in [0.2, 0.25) is 0 Å². The molecule has 0 radical (unpaired) electrons. The first kappa shape index (κ1) is 16.7. The van der Waals surface area contributed by atoms with E-state index in [0.717, 1.165) is 16.6 Å². The second-order valence-corrected chi connectivity index (χ2v) is 8.30. The fourth-order valence-electron chi connectivity index (χ4n) is 2.70. The van der Waals surface area contributed by atoms with Gasteiger partial charge in [0.15, 0.2) is 0 Å². The molecule has 24 heavy (non-hydrogen) atoms. The molecule has 5 nitrogen and oxygen atoms in total. The number of pyridine rings is 1. The van der Waals surface area contributed by atoms with Gasteiger partial charge in [-0.25, -0.2) is 9.97 Å². The van der Waals surface area contributed by atoms with Gasteiger partial charge >= 0.3 is 0 Å². The fraction of sp³-hybridized carbons (Fsp3) is 0.444. The largest absolute Gasteiger partial charge is 0.302 e. The lowest BCUT2D eigenvalue weighted by Crippen LogP contribution is -2.30. The lowest BCUT2D eigenvalue weighted by molar-refractivity contribution is 0.474. The second kappa shape index (κ2) is 6.06. The molecule has 2 aromatic rings. The van der Waals surface area contributed by atoms with Crippen LogP contribution in [0.3, 0.4) is 0 Å². The van der Waals surface area contributed by atoms with Crippen molar-refractivity contribution in [1.82, 2.24) is 14.5 Å². The highest BCUT2D eigenvalue weighted by atomic mass is 32.2. The van der Waals surface area contributed by atoms with Gasteiger partial charge in [-0.2, -0.15) is 5.26 Å². The van der Waals surface area contributed by atoms with Crippen LogP contribution in [-0.4, -0.2) is 20.3 Å². The maximum absolute atomic E-state index is 12.7. The Hall–Kier alpha value is -2.13. The van der Waals surface area contributed by atoms with E-state index in [1.165, 1.54) is 0 Å². The summed E-state index contributed by atoms with van der Waals surface area (Å²) in [5.41, 5.74) is 1.14. The number of hydrogen-bond donors (Lipinski definition) is 0. The van der Waals surface area contributed by atoms with Crippen LogP contribution in [0.15, 0.2) is 28.3 Å². The highest BCUT2D eigenvalue weighted by Gasteiger charge is 2.23. The summed E-state index contributed by atoms with van der Waals surface area (Å²) in [7, 11) is 0. The number of fused-ring (bicyclic) bond motifs is 1. The molecule has 0 N–H and O–H groups in total. The molecule has 6 heteroatoms. The van der Waals surface area contributed by atoms with E-state index in [9.17, 15) is 10.1 Å². The van der Waals surface area contributed by atoms with Crippen LogP contribution in [0, 0.1) is 17.2 Å². The zero-order valence-electron chi connectivity index (χ0n) is 14.3. The standard InChI is InChI=1S/C18H20N4OS/c1-11-9-22-15(24-10-11)5-13(14(6-19)16(22)23)12-7-20-17(21-8-12)18(2,3)4/h5,7-8,11H,9-10H2,1-4H3/t11-/m1/s1. The number of aromatic nitrogens is 3. The molecule has 0 saturated heterocycles. The van der Waals surface area contributed by atoms with Gasteiger partial charge in [0, 0.05) is 41.2 Å². The minimum Gasteiger partial charge on any atom is -0.302 e. The molecule has 0 aliphatic carbocycles. The lowest BCUT2D eigenvalue weighted by Gasteiger charge is -2.24. The molecule has 0 aromatic carbocycles. The number of rotatable bonds is 1. The maximum Gasteiger partial charge on any atom is 0.269 e. The lowest BCUT2D eigenvalue weighted by atomic mass is 9.95. The van der Waals surface area contributed by atoms with E-state index in [4.69, 9.17) is 0 Å². The third-order valence-corrected chi connectivity index (χ3v) is 5.39. The molecule has 0 spiro atoms. The molecule has 0 amide bonds. The van der Waals surface area contributed by atoms with E-state index in [1.54, 1.807) is 28.7 Å². The average molecular weight is 340 g/mol. The summed E-state index contributed by atoms with van der Waals surface area (Å²) in [4.78, 5) is 21.5. The van der Waals surface area contributed by atoms with Crippen molar-refractivity contribution in [2.45, 2.75) is 44.7 Å². The third kappa shape index (κ3) is 2.96. The Morgan fingerprint density at radius 3 is 2.58 bits per heavy atom. The van der Waals surface area contributed by atoms with Crippen LogP contribution >= 0.6 is 11.8 Å². The van der Waals surface area contributed by atoms with Crippen LogP contribution in [0.1, 0.15) is 39.1 Å². The second-order valence-electron chi connectivity index (χ2n) is 7.26. The number of nitriles is 1. The third-order valence-electron chi connectivity index (χ3n) is 4.02. The first-order valence-corrected chi connectivity index (χ1v) is 8.93. The Bertz CT molecular complexity index is 872. The normalized spacial score (nSPS) is 17.2. The molecule has 1 atom stereocenters. The number of nitrogens with zero attached hydrogens (tertiary/aromatic N) is 4. The summed E-state index contributed by atoms with van der Waals surface area (Å²) in [6, 6.07) is 4.00. The minimum absolute atomic E-state index is 0.141. The van der Waals surface area contributed by atoms with E-state index in [-0.39, 0.29) is 16.5 Å². The fourth-order valence-corrected chi connectivity index (χ4v) is 3.77. The predicted molar refractivity (Wildman–Crippen MR) is 95.0 cm³/mol. The van der Waals surface area contributed by atoms with Gasteiger partial charge in [-0.3, -0.25) is 4.79 Å². The van der Waals surface area contributed by atoms with Crippen LogP contribution in [0.5, 0.6) is 0 Å². The minimum atomic E-state index is -0.219. The summed E-state index contributed by atoms with van der Waals surface area (Å²) >= 11 is 1.66. The van der Waals surface area contributed by atoms with Gasteiger partial charge in [-0.15, -0.1) is 11.8 Å². The number of hydrogen-bond acceptors (Lipinski definition) is 5.